The first-order chi connectivity index (χ1) is 14.1. The van der Waals surface area contributed by atoms with Crippen LogP contribution < -0.4 is 10.2 Å². The van der Waals surface area contributed by atoms with Crippen molar-refractivity contribution in [1.29, 1.82) is 0 Å². The van der Waals surface area contributed by atoms with E-state index in [4.69, 9.17) is 9.47 Å². The molecule has 2 aromatic carbocycles. The van der Waals surface area contributed by atoms with Gasteiger partial charge < -0.3 is 9.47 Å². The van der Waals surface area contributed by atoms with Gasteiger partial charge in [-0.25, -0.2) is 10.5 Å². The fraction of sp³-hybridized carbons (Fsp3) is 0.200. The Labute approximate surface area is 172 Å². The van der Waals surface area contributed by atoms with Crippen molar-refractivity contribution in [2.45, 2.75) is 18.7 Å². The third kappa shape index (κ3) is 6.35. The van der Waals surface area contributed by atoms with Gasteiger partial charge in [-0.3, -0.25) is 4.79 Å². The van der Waals surface area contributed by atoms with Gasteiger partial charge in [0.05, 0.1) is 18.6 Å². The van der Waals surface area contributed by atoms with E-state index in [1.54, 1.807) is 7.11 Å². The lowest BCUT2D eigenvalue weighted by Crippen LogP contribution is -2.07. The highest BCUT2D eigenvalue weighted by Crippen LogP contribution is 2.15. The number of carbonyl (C=O) groups is 1. The Morgan fingerprint density at radius 1 is 1.17 bits per heavy atom. The summed E-state index contributed by atoms with van der Waals surface area (Å²) in [5.41, 5.74) is 5.50. The first-order valence-corrected chi connectivity index (χ1v) is 9.82. The van der Waals surface area contributed by atoms with E-state index in [0.717, 1.165) is 22.6 Å². The third-order valence-electron chi connectivity index (χ3n) is 3.86. The summed E-state index contributed by atoms with van der Waals surface area (Å²) in [6.07, 6.45) is 0. The van der Waals surface area contributed by atoms with E-state index in [2.05, 4.69) is 25.7 Å². The number of aromatic nitrogens is 3. The number of hydrazone groups is 1. The van der Waals surface area contributed by atoms with Gasteiger partial charge in [-0.05, 0) is 42.3 Å². The number of anilines is 1. The predicted octanol–water partition coefficient (Wildman–Crippen LogP) is 3.48. The highest BCUT2D eigenvalue weighted by atomic mass is 32.2. The molecule has 9 heteroatoms. The van der Waals surface area contributed by atoms with E-state index in [0.29, 0.717) is 11.1 Å². The molecule has 0 aliphatic heterocycles. The van der Waals surface area contributed by atoms with Crippen molar-refractivity contribution < 1.29 is 14.3 Å². The molecule has 0 aliphatic rings. The highest BCUT2D eigenvalue weighted by molar-refractivity contribution is 7.99. The maximum Gasteiger partial charge on any atom is 0.316 e. The summed E-state index contributed by atoms with van der Waals surface area (Å²) in [7, 11) is 1.62. The molecular weight excluding hydrogens is 390 g/mol. The number of thioether (sulfide) groups is 1. The fourth-order valence-corrected chi connectivity index (χ4v) is 2.89. The van der Waals surface area contributed by atoms with Crippen LogP contribution in [0, 0.1) is 0 Å². The number of benzene rings is 2. The molecular formula is C20H21N5O3S. The monoisotopic (exact) mass is 411 g/mol. The number of H-pyrrole nitrogens is 1. The van der Waals surface area contributed by atoms with Gasteiger partial charge in [0, 0.05) is 0 Å². The van der Waals surface area contributed by atoms with E-state index in [1.807, 2.05) is 61.5 Å². The molecule has 0 amide bonds. The first kappa shape index (κ1) is 20.4. The number of nitrogens with one attached hydrogen (secondary N) is 2. The Morgan fingerprint density at radius 2 is 1.93 bits per heavy atom. The van der Waals surface area contributed by atoms with Gasteiger partial charge in [0.15, 0.2) is 0 Å². The lowest BCUT2D eigenvalue weighted by Gasteiger charge is -2.03. The van der Waals surface area contributed by atoms with Crippen LogP contribution in [0.5, 0.6) is 5.75 Å². The zero-order valence-corrected chi connectivity index (χ0v) is 16.9. The van der Waals surface area contributed by atoms with Gasteiger partial charge in [0.25, 0.3) is 0 Å². The van der Waals surface area contributed by atoms with Crippen LogP contribution in [0.25, 0.3) is 0 Å². The summed E-state index contributed by atoms with van der Waals surface area (Å²) < 4.78 is 10.4. The molecule has 2 N–H and O–H groups in total. The Balaban J connectivity index is 1.45. The molecule has 0 spiro atoms. The SMILES string of the molecule is COc1ccc(/C(C)=N/Nc2nc(SCC(=O)OCc3ccccc3)n[nH]2)cc1. The van der Waals surface area contributed by atoms with Crippen LogP contribution in [0.1, 0.15) is 18.1 Å². The van der Waals surface area contributed by atoms with E-state index < -0.39 is 0 Å². The summed E-state index contributed by atoms with van der Waals surface area (Å²) in [6.45, 7) is 2.13. The van der Waals surface area contributed by atoms with Crippen LogP contribution in [0.2, 0.25) is 0 Å². The molecule has 0 bridgehead atoms. The van der Waals surface area contributed by atoms with Gasteiger partial charge in [0.1, 0.15) is 12.4 Å². The van der Waals surface area contributed by atoms with Gasteiger partial charge in [-0.15, -0.1) is 5.10 Å². The first-order valence-electron chi connectivity index (χ1n) is 8.83. The number of ether oxygens (including phenoxy) is 2. The number of hydrogen-bond acceptors (Lipinski definition) is 8. The van der Waals surface area contributed by atoms with Crippen molar-refractivity contribution >= 4 is 29.4 Å². The maximum atomic E-state index is 11.9. The Kier molecular flexibility index (Phi) is 7.23. The molecule has 0 unspecified atom stereocenters. The quantitative estimate of drug-likeness (QED) is 0.240. The molecule has 3 aromatic rings. The van der Waals surface area contributed by atoms with Gasteiger partial charge in [0.2, 0.25) is 11.1 Å². The van der Waals surface area contributed by atoms with E-state index in [-0.39, 0.29) is 18.3 Å². The van der Waals surface area contributed by atoms with Crippen molar-refractivity contribution in [3.63, 3.8) is 0 Å². The van der Waals surface area contributed by atoms with Crippen LogP contribution in [0.3, 0.4) is 0 Å². The van der Waals surface area contributed by atoms with Crippen LogP contribution >= 0.6 is 11.8 Å². The predicted molar refractivity (Wildman–Crippen MR) is 112 cm³/mol. The molecule has 8 nitrogen and oxygen atoms in total. The summed E-state index contributed by atoms with van der Waals surface area (Å²) in [4.78, 5) is 16.1. The molecule has 0 saturated carbocycles. The molecule has 0 atom stereocenters. The summed E-state index contributed by atoms with van der Waals surface area (Å²) >= 11 is 1.19. The zero-order chi connectivity index (χ0) is 20.5. The van der Waals surface area contributed by atoms with Gasteiger partial charge in [-0.2, -0.15) is 10.1 Å². The average Bonchev–Trinajstić information content (AvgIpc) is 3.23. The third-order valence-corrected chi connectivity index (χ3v) is 4.68. The second-order valence-electron chi connectivity index (χ2n) is 5.94. The van der Waals surface area contributed by atoms with Crippen molar-refractivity contribution in [3.8, 4) is 5.75 Å². The molecule has 0 radical (unpaired) electrons. The van der Waals surface area contributed by atoms with Crippen molar-refractivity contribution in [2.75, 3.05) is 18.3 Å². The maximum absolute atomic E-state index is 11.9. The zero-order valence-electron chi connectivity index (χ0n) is 16.1. The summed E-state index contributed by atoms with van der Waals surface area (Å²) in [5, 5.41) is 11.5. The number of carbonyl (C=O) groups excluding carboxylic acids is 1. The van der Waals surface area contributed by atoms with Gasteiger partial charge >= 0.3 is 5.97 Å². The molecule has 0 saturated heterocycles. The summed E-state index contributed by atoms with van der Waals surface area (Å²) in [6, 6.07) is 17.1. The van der Waals surface area contributed by atoms with Crippen LogP contribution in [0.4, 0.5) is 5.95 Å². The van der Waals surface area contributed by atoms with Crippen LogP contribution in [-0.2, 0) is 16.1 Å². The molecule has 1 aromatic heterocycles. The molecule has 3 rings (SSSR count). The number of nitrogens with zero attached hydrogens (tertiary/aromatic N) is 3. The molecule has 0 fully saturated rings. The minimum Gasteiger partial charge on any atom is -0.497 e. The topological polar surface area (TPSA) is 101 Å². The largest absolute Gasteiger partial charge is 0.497 e. The number of hydrogen-bond donors (Lipinski definition) is 2. The Morgan fingerprint density at radius 3 is 2.66 bits per heavy atom. The number of esters is 1. The fourth-order valence-electron chi connectivity index (χ4n) is 2.30. The smallest absolute Gasteiger partial charge is 0.316 e. The molecule has 1 heterocycles. The standard InChI is InChI=1S/C20H21N5O3S/c1-14(16-8-10-17(27-2)11-9-16)22-23-19-21-20(25-24-19)29-13-18(26)28-12-15-6-4-3-5-7-15/h3-11H,12-13H2,1-2H3,(H2,21,23,24,25)/b22-14+. The second-order valence-corrected chi connectivity index (χ2v) is 6.88. The van der Waals surface area contributed by atoms with Crippen molar-refractivity contribution in [3.05, 3.63) is 65.7 Å². The number of aromatic amines is 1. The second kappa shape index (κ2) is 10.3. The minimum absolute atomic E-state index is 0.123. The number of rotatable bonds is 9. The highest BCUT2D eigenvalue weighted by Gasteiger charge is 2.09. The normalized spacial score (nSPS) is 11.2. The molecule has 0 aliphatic carbocycles. The summed E-state index contributed by atoms with van der Waals surface area (Å²) in [5.74, 6) is 0.969. The van der Waals surface area contributed by atoms with Crippen LogP contribution in [0.15, 0.2) is 64.9 Å². The lowest BCUT2D eigenvalue weighted by atomic mass is 10.1. The van der Waals surface area contributed by atoms with Gasteiger partial charge in [-0.1, -0.05) is 42.1 Å². The van der Waals surface area contributed by atoms with E-state index in [9.17, 15) is 4.79 Å². The van der Waals surface area contributed by atoms with Crippen molar-refractivity contribution in [1.82, 2.24) is 15.2 Å². The Bertz CT molecular complexity index is 958. The number of methoxy groups -OCH3 is 1. The average molecular weight is 411 g/mol. The van der Waals surface area contributed by atoms with Crippen molar-refractivity contribution in [2.24, 2.45) is 5.10 Å². The van der Waals surface area contributed by atoms with E-state index in [1.165, 1.54) is 11.8 Å². The Hall–Kier alpha value is -3.33. The minimum atomic E-state index is -0.327. The van der Waals surface area contributed by atoms with Crippen LogP contribution in [-0.4, -0.2) is 39.7 Å². The molecule has 29 heavy (non-hydrogen) atoms. The molecule has 150 valence electrons. The lowest BCUT2D eigenvalue weighted by molar-refractivity contribution is -0.141. The van der Waals surface area contributed by atoms with E-state index >= 15 is 0 Å².